The first-order valence-electron chi connectivity index (χ1n) is 4.77. The minimum atomic E-state index is 0.496. The maximum atomic E-state index is 5.39. The van der Waals surface area contributed by atoms with Crippen molar-refractivity contribution in [2.45, 2.75) is 13.0 Å². The van der Waals surface area contributed by atoms with Crippen LogP contribution in [0, 0.1) is 0 Å². The second-order valence-electron chi connectivity index (χ2n) is 3.45. The second-order valence-corrected chi connectivity index (χ2v) is 3.45. The van der Waals surface area contributed by atoms with E-state index in [0.717, 1.165) is 19.8 Å². The Balaban J connectivity index is 2.15. The number of para-hydroxylation sites is 1. The zero-order valence-corrected chi connectivity index (χ0v) is 7.94. The Morgan fingerprint density at radius 3 is 2.77 bits per heavy atom. The van der Waals surface area contributed by atoms with Crippen molar-refractivity contribution in [3.05, 3.63) is 30.3 Å². The average Bonchev–Trinajstić information content (AvgIpc) is 2.20. The van der Waals surface area contributed by atoms with Gasteiger partial charge in [0, 0.05) is 18.3 Å². The van der Waals surface area contributed by atoms with Crippen LogP contribution in [-0.4, -0.2) is 25.8 Å². The van der Waals surface area contributed by atoms with Gasteiger partial charge in [-0.2, -0.15) is 0 Å². The quantitative estimate of drug-likeness (QED) is 0.649. The van der Waals surface area contributed by atoms with Gasteiger partial charge in [-0.25, -0.2) is 0 Å². The Morgan fingerprint density at radius 2 is 2.08 bits per heavy atom. The van der Waals surface area contributed by atoms with Crippen molar-refractivity contribution in [3.8, 4) is 0 Å². The maximum absolute atomic E-state index is 5.39. The molecule has 1 aromatic carbocycles. The highest BCUT2D eigenvalue weighted by Gasteiger charge is 2.18. The predicted octanol–water partition coefficient (Wildman–Crippen LogP) is 1.91. The van der Waals surface area contributed by atoms with Crippen LogP contribution in [0.15, 0.2) is 30.3 Å². The molecule has 0 aliphatic carbocycles. The van der Waals surface area contributed by atoms with Gasteiger partial charge in [0.2, 0.25) is 0 Å². The monoisotopic (exact) mass is 177 g/mol. The van der Waals surface area contributed by atoms with E-state index in [2.05, 4.69) is 42.2 Å². The van der Waals surface area contributed by atoms with Crippen molar-refractivity contribution < 1.29 is 4.74 Å². The number of anilines is 1. The lowest BCUT2D eigenvalue weighted by molar-refractivity contribution is 0.0989. The molecule has 1 aliphatic heterocycles. The summed E-state index contributed by atoms with van der Waals surface area (Å²) in [6, 6.07) is 11.0. The topological polar surface area (TPSA) is 12.5 Å². The summed E-state index contributed by atoms with van der Waals surface area (Å²) in [5.41, 5.74) is 1.30. The Kier molecular flexibility index (Phi) is 2.50. The minimum Gasteiger partial charge on any atom is -0.377 e. The summed E-state index contributed by atoms with van der Waals surface area (Å²) < 4.78 is 5.39. The summed E-state index contributed by atoms with van der Waals surface area (Å²) in [7, 11) is 0. The van der Waals surface area contributed by atoms with Gasteiger partial charge in [0.1, 0.15) is 0 Å². The fraction of sp³-hybridized carbons (Fsp3) is 0.455. The fourth-order valence-electron chi connectivity index (χ4n) is 1.73. The van der Waals surface area contributed by atoms with E-state index in [1.54, 1.807) is 0 Å². The van der Waals surface area contributed by atoms with E-state index in [4.69, 9.17) is 4.74 Å². The van der Waals surface area contributed by atoms with E-state index in [0.29, 0.717) is 6.04 Å². The van der Waals surface area contributed by atoms with Gasteiger partial charge in [0.15, 0.2) is 0 Å². The highest BCUT2D eigenvalue weighted by atomic mass is 16.5. The first kappa shape index (κ1) is 8.57. The molecule has 0 bridgehead atoms. The van der Waals surface area contributed by atoms with E-state index in [-0.39, 0.29) is 0 Å². The number of benzene rings is 1. The highest BCUT2D eigenvalue weighted by Crippen LogP contribution is 2.18. The van der Waals surface area contributed by atoms with Crippen molar-refractivity contribution in [2.24, 2.45) is 0 Å². The molecule has 0 spiro atoms. The molecule has 0 saturated carbocycles. The summed E-state index contributed by atoms with van der Waals surface area (Å²) in [5, 5.41) is 0. The number of nitrogens with zero attached hydrogens (tertiary/aromatic N) is 1. The number of hydrogen-bond donors (Lipinski definition) is 0. The van der Waals surface area contributed by atoms with E-state index in [1.807, 2.05) is 0 Å². The van der Waals surface area contributed by atoms with Crippen molar-refractivity contribution in [1.82, 2.24) is 0 Å². The standard InChI is InChI=1S/C11H15NO/c1-10-9-13-8-7-12(10)11-5-3-2-4-6-11/h2-6,10H,7-9H2,1H3/t10-/m1/s1. The zero-order valence-electron chi connectivity index (χ0n) is 7.94. The van der Waals surface area contributed by atoms with E-state index < -0.39 is 0 Å². The predicted molar refractivity (Wildman–Crippen MR) is 54.1 cm³/mol. The first-order chi connectivity index (χ1) is 6.38. The van der Waals surface area contributed by atoms with Gasteiger partial charge >= 0.3 is 0 Å². The van der Waals surface area contributed by atoms with Crippen LogP contribution in [0.3, 0.4) is 0 Å². The molecular weight excluding hydrogens is 162 g/mol. The van der Waals surface area contributed by atoms with Gasteiger partial charge in [0.05, 0.1) is 13.2 Å². The molecule has 2 heteroatoms. The molecule has 2 nitrogen and oxygen atoms in total. The molecule has 70 valence electrons. The van der Waals surface area contributed by atoms with Crippen molar-refractivity contribution >= 4 is 5.69 Å². The minimum absolute atomic E-state index is 0.496. The average molecular weight is 177 g/mol. The van der Waals surface area contributed by atoms with Crippen LogP contribution in [0.1, 0.15) is 6.92 Å². The Morgan fingerprint density at radius 1 is 1.31 bits per heavy atom. The third kappa shape index (κ3) is 1.83. The molecule has 1 fully saturated rings. The van der Waals surface area contributed by atoms with Gasteiger partial charge < -0.3 is 9.64 Å². The second kappa shape index (κ2) is 3.79. The summed E-state index contributed by atoms with van der Waals surface area (Å²) in [4.78, 5) is 2.39. The maximum Gasteiger partial charge on any atom is 0.0668 e. The van der Waals surface area contributed by atoms with Crippen LogP contribution in [-0.2, 0) is 4.74 Å². The Bertz CT molecular complexity index is 260. The first-order valence-corrected chi connectivity index (χ1v) is 4.77. The normalized spacial score (nSPS) is 23.2. The number of rotatable bonds is 1. The van der Waals surface area contributed by atoms with Crippen LogP contribution in [0.4, 0.5) is 5.69 Å². The SMILES string of the molecule is C[C@@H]1COCCN1c1ccccc1. The number of ether oxygens (including phenoxy) is 1. The van der Waals surface area contributed by atoms with Crippen molar-refractivity contribution in [3.63, 3.8) is 0 Å². The molecule has 2 rings (SSSR count). The lowest BCUT2D eigenvalue weighted by Crippen LogP contribution is -2.43. The van der Waals surface area contributed by atoms with Gasteiger partial charge in [-0.3, -0.25) is 0 Å². The third-order valence-electron chi connectivity index (χ3n) is 2.46. The smallest absolute Gasteiger partial charge is 0.0668 e. The van der Waals surface area contributed by atoms with E-state index in [1.165, 1.54) is 5.69 Å². The van der Waals surface area contributed by atoms with E-state index in [9.17, 15) is 0 Å². The summed E-state index contributed by atoms with van der Waals surface area (Å²) in [6.07, 6.45) is 0. The summed E-state index contributed by atoms with van der Waals surface area (Å²) >= 11 is 0. The molecule has 1 saturated heterocycles. The molecule has 13 heavy (non-hydrogen) atoms. The number of hydrogen-bond acceptors (Lipinski definition) is 2. The molecule has 0 amide bonds. The molecule has 1 atom stereocenters. The van der Waals surface area contributed by atoms with Gasteiger partial charge in [-0.1, -0.05) is 18.2 Å². The van der Waals surface area contributed by atoms with Gasteiger partial charge in [-0.05, 0) is 19.1 Å². The van der Waals surface area contributed by atoms with Crippen LogP contribution >= 0.6 is 0 Å². The van der Waals surface area contributed by atoms with Gasteiger partial charge in [0.25, 0.3) is 0 Å². The lowest BCUT2D eigenvalue weighted by Gasteiger charge is -2.35. The molecule has 0 N–H and O–H groups in total. The third-order valence-corrected chi connectivity index (χ3v) is 2.46. The Labute approximate surface area is 79.1 Å². The number of morpholine rings is 1. The highest BCUT2D eigenvalue weighted by molar-refractivity contribution is 5.47. The molecule has 1 aromatic rings. The zero-order chi connectivity index (χ0) is 9.10. The molecule has 0 aromatic heterocycles. The van der Waals surface area contributed by atoms with Crippen molar-refractivity contribution in [1.29, 1.82) is 0 Å². The van der Waals surface area contributed by atoms with Crippen LogP contribution in [0.5, 0.6) is 0 Å². The summed E-state index contributed by atoms with van der Waals surface area (Å²) in [6.45, 7) is 4.89. The van der Waals surface area contributed by atoms with Crippen molar-refractivity contribution in [2.75, 3.05) is 24.7 Å². The van der Waals surface area contributed by atoms with Gasteiger partial charge in [-0.15, -0.1) is 0 Å². The molecule has 0 unspecified atom stereocenters. The lowest BCUT2D eigenvalue weighted by atomic mass is 10.2. The molecule has 0 radical (unpaired) electrons. The van der Waals surface area contributed by atoms with Crippen LogP contribution in [0.2, 0.25) is 0 Å². The summed E-state index contributed by atoms with van der Waals surface area (Å²) in [5.74, 6) is 0. The Hall–Kier alpha value is -1.02. The van der Waals surface area contributed by atoms with E-state index >= 15 is 0 Å². The fourth-order valence-corrected chi connectivity index (χ4v) is 1.73. The molecule has 1 heterocycles. The largest absolute Gasteiger partial charge is 0.377 e. The molecule has 1 aliphatic rings. The van der Waals surface area contributed by atoms with Crippen LogP contribution in [0.25, 0.3) is 0 Å². The molecular formula is C11H15NO. The van der Waals surface area contributed by atoms with Crippen LogP contribution < -0.4 is 4.90 Å².